The van der Waals surface area contributed by atoms with Crippen LogP contribution in [-0.2, 0) is 4.79 Å². The molecule has 6 heteroatoms. The van der Waals surface area contributed by atoms with Crippen LogP contribution in [0, 0.1) is 0 Å². The summed E-state index contributed by atoms with van der Waals surface area (Å²) in [4.78, 5) is 14.9. The van der Waals surface area contributed by atoms with E-state index in [1.165, 1.54) is 0 Å². The van der Waals surface area contributed by atoms with Gasteiger partial charge in [0.1, 0.15) is 6.04 Å². The Balaban J connectivity index is 1.84. The molecule has 4 nitrogen and oxygen atoms in total. The highest BCUT2D eigenvalue weighted by Gasteiger charge is 2.36. The lowest BCUT2D eigenvalue weighted by molar-refractivity contribution is -0.143. The lowest BCUT2D eigenvalue weighted by Crippen LogP contribution is -2.49. The summed E-state index contributed by atoms with van der Waals surface area (Å²) in [5.41, 5.74) is 0. The number of carboxylic acid groups (broad SMARTS) is 1. The average molecular weight is 262 g/mol. The second kappa shape index (κ2) is 5.93. The van der Waals surface area contributed by atoms with E-state index >= 15 is 0 Å². The summed E-state index contributed by atoms with van der Waals surface area (Å²) in [6.07, 6.45) is 0.966. The van der Waals surface area contributed by atoms with Crippen molar-refractivity contribution in [2.45, 2.75) is 44.2 Å². The van der Waals surface area contributed by atoms with Crippen LogP contribution in [0.1, 0.15) is 25.7 Å². The number of alkyl halides is 2. The van der Waals surface area contributed by atoms with Crippen LogP contribution in [0.15, 0.2) is 0 Å². The molecule has 2 rings (SSSR count). The van der Waals surface area contributed by atoms with E-state index in [-0.39, 0.29) is 18.6 Å². The number of likely N-dealkylation sites (tertiary alicyclic amines) is 2. The highest BCUT2D eigenvalue weighted by atomic mass is 19.3. The number of rotatable bonds is 4. The van der Waals surface area contributed by atoms with Gasteiger partial charge >= 0.3 is 5.97 Å². The van der Waals surface area contributed by atoms with Crippen LogP contribution in [-0.4, -0.2) is 65.6 Å². The first-order chi connectivity index (χ1) is 8.58. The van der Waals surface area contributed by atoms with Crippen LogP contribution in [0.4, 0.5) is 8.78 Å². The molecule has 18 heavy (non-hydrogen) atoms. The van der Waals surface area contributed by atoms with E-state index in [0.717, 1.165) is 25.8 Å². The van der Waals surface area contributed by atoms with Gasteiger partial charge in [-0.05, 0) is 45.3 Å². The number of piperidine rings is 1. The molecular weight excluding hydrogens is 242 g/mol. The summed E-state index contributed by atoms with van der Waals surface area (Å²) < 4.78 is 24.5. The topological polar surface area (TPSA) is 43.8 Å². The largest absolute Gasteiger partial charge is 0.480 e. The van der Waals surface area contributed by atoms with Crippen molar-refractivity contribution in [1.29, 1.82) is 0 Å². The third kappa shape index (κ3) is 3.17. The first kappa shape index (κ1) is 13.7. The van der Waals surface area contributed by atoms with Crippen molar-refractivity contribution in [3.05, 3.63) is 0 Å². The van der Waals surface area contributed by atoms with Crippen LogP contribution >= 0.6 is 0 Å². The number of nitrogens with zero attached hydrogens (tertiary/aromatic N) is 2. The number of carboxylic acids is 1. The first-order valence-electron chi connectivity index (χ1n) is 6.57. The van der Waals surface area contributed by atoms with Crippen LogP contribution in [0.25, 0.3) is 0 Å². The maximum Gasteiger partial charge on any atom is 0.320 e. The fourth-order valence-electron chi connectivity index (χ4n) is 3.12. The van der Waals surface area contributed by atoms with E-state index in [4.69, 9.17) is 5.11 Å². The first-order valence-corrected chi connectivity index (χ1v) is 6.57. The van der Waals surface area contributed by atoms with Crippen molar-refractivity contribution in [3.63, 3.8) is 0 Å². The van der Waals surface area contributed by atoms with Crippen LogP contribution in [0.3, 0.4) is 0 Å². The summed E-state index contributed by atoms with van der Waals surface area (Å²) in [6.45, 7) is 1.97. The van der Waals surface area contributed by atoms with Crippen molar-refractivity contribution in [2.75, 3.05) is 26.2 Å². The van der Waals surface area contributed by atoms with Crippen LogP contribution in [0.2, 0.25) is 0 Å². The predicted molar refractivity (Wildman–Crippen MR) is 62.8 cm³/mol. The van der Waals surface area contributed by atoms with Gasteiger partial charge in [-0.25, -0.2) is 8.78 Å². The zero-order valence-electron chi connectivity index (χ0n) is 10.4. The summed E-state index contributed by atoms with van der Waals surface area (Å²) in [5.74, 6) is -0.748. The quantitative estimate of drug-likeness (QED) is 0.828. The predicted octanol–water partition coefficient (Wildman–Crippen LogP) is 1.26. The van der Waals surface area contributed by atoms with Gasteiger partial charge in [0, 0.05) is 6.04 Å². The highest BCUT2D eigenvalue weighted by molar-refractivity contribution is 5.73. The molecule has 104 valence electrons. The lowest BCUT2D eigenvalue weighted by Gasteiger charge is -2.38. The van der Waals surface area contributed by atoms with E-state index < -0.39 is 12.4 Å². The van der Waals surface area contributed by atoms with E-state index in [1.54, 1.807) is 4.90 Å². The van der Waals surface area contributed by atoms with E-state index in [0.29, 0.717) is 19.5 Å². The number of hydrogen-bond donors (Lipinski definition) is 1. The van der Waals surface area contributed by atoms with Gasteiger partial charge in [0.05, 0.1) is 6.54 Å². The van der Waals surface area contributed by atoms with Crippen LogP contribution < -0.4 is 0 Å². The second-order valence-corrected chi connectivity index (χ2v) is 5.16. The minimum atomic E-state index is -2.28. The van der Waals surface area contributed by atoms with E-state index in [2.05, 4.69) is 4.90 Å². The molecule has 2 heterocycles. The maximum absolute atomic E-state index is 12.3. The molecule has 0 bridgehead atoms. The summed E-state index contributed by atoms with van der Waals surface area (Å²) >= 11 is 0. The normalized spacial score (nSPS) is 28.1. The fourth-order valence-corrected chi connectivity index (χ4v) is 3.12. The smallest absolute Gasteiger partial charge is 0.320 e. The van der Waals surface area contributed by atoms with Gasteiger partial charge in [0.25, 0.3) is 6.43 Å². The highest BCUT2D eigenvalue weighted by Crippen LogP contribution is 2.26. The molecule has 1 atom stereocenters. The molecular formula is C12H20F2N2O2. The molecule has 2 aliphatic heterocycles. The molecule has 0 spiro atoms. The van der Waals surface area contributed by atoms with Crippen molar-refractivity contribution < 1.29 is 18.7 Å². The second-order valence-electron chi connectivity index (χ2n) is 5.16. The monoisotopic (exact) mass is 262 g/mol. The lowest BCUT2D eigenvalue weighted by atomic mass is 10.0. The Morgan fingerprint density at radius 3 is 2.44 bits per heavy atom. The molecule has 0 radical (unpaired) electrons. The average Bonchev–Trinajstić information content (AvgIpc) is 2.78. The number of carbonyl (C=O) groups is 1. The number of hydrogen-bond acceptors (Lipinski definition) is 3. The van der Waals surface area contributed by atoms with Gasteiger partial charge in [-0.15, -0.1) is 0 Å². The van der Waals surface area contributed by atoms with Crippen molar-refractivity contribution >= 4 is 5.97 Å². The SMILES string of the molecule is O=C(O)C1CCCN1C1CCN(CC(F)F)CC1. The molecule has 2 fully saturated rings. The summed E-state index contributed by atoms with van der Waals surface area (Å²) in [7, 11) is 0. The Hall–Kier alpha value is -0.750. The molecule has 0 aromatic heterocycles. The molecule has 0 aromatic carbocycles. The minimum absolute atomic E-state index is 0.158. The molecule has 2 saturated heterocycles. The zero-order chi connectivity index (χ0) is 13.1. The standard InChI is InChI=1S/C12H20F2N2O2/c13-11(14)8-15-6-3-9(4-7-15)16-5-1-2-10(16)12(17)18/h9-11H,1-8H2,(H,17,18). The minimum Gasteiger partial charge on any atom is -0.480 e. The number of aliphatic carboxylic acids is 1. The van der Waals surface area contributed by atoms with Gasteiger partial charge in [-0.2, -0.15) is 0 Å². The van der Waals surface area contributed by atoms with Crippen molar-refractivity contribution in [2.24, 2.45) is 0 Å². The van der Waals surface area contributed by atoms with Gasteiger partial charge in [0.2, 0.25) is 0 Å². The van der Waals surface area contributed by atoms with E-state index in [1.807, 2.05) is 0 Å². The van der Waals surface area contributed by atoms with Gasteiger partial charge in [0.15, 0.2) is 0 Å². The van der Waals surface area contributed by atoms with E-state index in [9.17, 15) is 13.6 Å². The van der Waals surface area contributed by atoms with Gasteiger partial charge in [-0.3, -0.25) is 14.6 Å². The Bertz CT molecular complexity index is 294. The molecule has 2 aliphatic rings. The Labute approximate surface area is 106 Å². The third-order valence-electron chi connectivity index (χ3n) is 4.00. The summed E-state index contributed by atoms with van der Waals surface area (Å²) in [6, 6.07) is -0.112. The maximum atomic E-state index is 12.3. The molecule has 0 aromatic rings. The fraction of sp³-hybridized carbons (Fsp3) is 0.917. The van der Waals surface area contributed by atoms with Gasteiger partial charge in [-0.1, -0.05) is 0 Å². The summed E-state index contributed by atoms with van der Waals surface area (Å²) in [5, 5.41) is 9.13. The van der Waals surface area contributed by atoms with Crippen LogP contribution in [0.5, 0.6) is 0 Å². The Kier molecular flexibility index (Phi) is 4.50. The third-order valence-corrected chi connectivity index (χ3v) is 4.00. The Morgan fingerprint density at radius 1 is 1.22 bits per heavy atom. The molecule has 0 aliphatic carbocycles. The van der Waals surface area contributed by atoms with Crippen molar-refractivity contribution in [1.82, 2.24) is 9.80 Å². The van der Waals surface area contributed by atoms with Gasteiger partial charge < -0.3 is 5.11 Å². The molecule has 0 saturated carbocycles. The molecule has 1 N–H and O–H groups in total. The van der Waals surface area contributed by atoms with Crippen molar-refractivity contribution in [3.8, 4) is 0 Å². The zero-order valence-corrected chi connectivity index (χ0v) is 10.4. The molecule has 0 amide bonds. The molecule has 1 unspecified atom stereocenters. The Morgan fingerprint density at radius 2 is 1.89 bits per heavy atom. The number of halogens is 2.